The van der Waals surface area contributed by atoms with E-state index in [0.29, 0.717) is 22.8 Å². The molecule has 4 rings (SSSR count). The van der Waals surface area contributed by atoms with Gasteiger partial charge >= 0.3 is 0 Å². The molecule has 0 unspecified atom stereocenters. The number of nitrogens with one attached hydrogen (secondary N) is 1. The number of piperazine rings is 1. The van der Waals surface area contributed by atoms with Gasteiger partial charge in [0.05, 0.1) is 16.8 Å². The van der Waals surface area contributed by atoms with Crippen molar-refractivity contribution in [3.05, 3.63) is 64.4 Å². The van der Waals surface area contributed by atoms with Crippen molar-refractivity contribution in [3.8, 4) is 0 Å². The summed E-state index contributed by atoms with van der Waals surface area (Å²) in [5.41, 5.74) is 3.05. The summed E-state index contributed by atoms with van der Waals surface area (Å²) >= 11 is 6.07. The number of likely N-dealkylation sites (N-methyl/N-ethyl adjacent to an activating group) is 1. The topological polar surface area (TPSA) is 61.4 Å². The lowest BCUT2D eigenvalue weighted by Gasteiger charge is -2.34. The van der Waals surface area contributed by atoms with Crippen LogP contribution in [0.2, 0.25) is 5.02 Å². The number of amides is 1. The molecule has 0 bridgehead atoms. The number of rotatable bonds is 5. The number of hydrogen-bond donors (Lipinski definition) is 1. The maximum atomic E-state index is 12.7. The second-order valence-electron chi connectivity index (χ2n) is 7.59. The Bertz CT molecular complexity index is 1050. The van der Waals surface area contributed by atoms with Gasteiger partial charge in [0, 0.05) is 49.3 Å². The smallest absolute Gasteiger partial charge is 0.253 e. The van der Waals surface area contributed by atoms with Gasteiger partial charge in [0.1, 0.15) is 5.82 Å². The molecule has 7 heteroatoms. The number of aromatic nitrogens is 2. The highest BCUT2D eigenvalue weighted by atomic mass is 35.5. The van der Waals surface area contributed by atoms with Gasteiger partial charge in [0.15, 0.2) is 0 Å². The van der Waals surface area contributed by atoms with E-state index in [2.05, 4.69) is 32.0 Å². The molecule has 0 radical (unpaired) electrons. The standard InChI is InChI=1S/C23H26ClN5O/c1-3-28-8-10-29(11-9-28)22-7-4-17(14-25-22)15-26-23(30)20-13-18-12-19(24)5-6-21(18)27-16(20)2/h4-7,12-14H,3,8-11,15H2,1-2H3,(H,26,30). The van der Waals surface area contributed by atoms with Gasteiger partial charge in [-0.2, -0.15) is 0 Å². The van der Waals surface area contributed by atoms with Crippen LogP contribution in [0.25, 0.3) is 10.9 Å². The van der Waals surface area contributed by atoms with Crippen molar-refractivity contribution in [2.45, 2.75) is 20.4 Å². The second kappa shape index (κ2) is 8.98. The van der Waals surface area contributed by atoms with E-state index in [4.69, 9.17) is 11.6 Å². The van der Waals surface area contributed by atoms with Crippen molar-refractivity contribution < 1.29 is 4.79 Å². The van der Waals surface area contributed by atoms with E-state index in [1.54, 1.807) is 6.07 Å². The number of nitrogens with zero attached hydrogens (tertiary/aromatic N) is 4. The van der Waals surface area contributed by atoms with E-state index in [1.807, 2.05) is 43.5 Å². The van der Waals surface area contributed by atoms with Crippen molar-refractivity contribution in [1.29, 1.82) is 0 Å². The summed E-state index contributed by atoms with van der Waals surface area (Å²) in [4.78, 5) is 26.6. The molecule has 1 amide bonds. The molecule has 0 atom stereocenters. The first-order valence-electron chi connectivity index (χ1n) is 10.3. The summed E-state index contributed by atoms with van der Waals surface area (Å²) < 4.78 is 0. The van der Waals surface area contributed by atoms with Gasteiger partial charge in [0.25, 0.3) is 5.91 Å². The maximum Gasteiger partial charge on any atom is 0.253 e. The number of carbonyl (C=O) groups excluding carboxylic acids is 1. The zero-order chi connectivity index (χ0) is 21.1. The third kappa shape index (κ3) is 4.55. The fraction of sp³-hybridized carbons (Fsp3) is 0.348. The number of anilines is 1. The third-order valence-corrected chi connectivity index (χ3v) is 5.85. The van der Waals surface area contributed by atoms with Crippen LogP contribution >= 0.6 is 11.6 Å². The van der Waals surface area contributed by atoms with Crippen LogP contribution in [-0.2, 0) is 6.54 Å². The Morgan fingerprint density at radius 1 is 1.13 bits per heavy atom. The Morgan fingerprint density at radius 2 is 1.93 bits per heavy atom. The number of halogens is 1. The van der Waals surface area contributed by atoms with E-state index in [-0.39, 0.29) is 5.91 Å². The normalized spacial score (nSPS) is 14.8. The number of carbonyl (C=O) groups is 1. The minimum absolute atomic E-state index is 0.151. The first-order valence-corrected chi connectivity index (χ1v) is 10.7. The molecule has 1 aliphatic heterocycles. The molecule has 156 valence electrons. The van der Waals surface area contributed by atoms with Crippen molar-refractivity contribution in [3.63, 3.8) is 0 Å². The molecule has 0 aliphatic carbocycles. The highest BCUT2D eigenvalue weighted by Crippen LogP contribution is 2.21. The van der Waals surface area contributed by atoms with Crippen molar-refractivity contribution in [2.75, 3.05) is 37.6 Å². The average Bonchev–Trinajstić information content (AvgIpc) is 2.77. The molecule has 3 aromatic rings. The minimum Gasteiger partial charge on any atom is -0.354 e. The molecule has 1 aromatic carbocycles. The molecule has 1 saturated heterocycles. The van der Waals surface area contributed by atoms with Crippen LogP contribution in [0.1, 0.15) is 28.5 Å². The largest absolute Gasteiger partial charge is 0.354 e. The van der Waals surface area contributed by atoms with Crippen LogP contribution in [0, 0.1) is 6.92 Å². The lowest BCUT2D eigenvalue weighted by molar-refractivity contribution is 0.0950. The number of benzene rings is 1. The van der Waals surface area contributed by atoms with E-state index in [0.717, 1.165) is 55.0 Å². The lowest BCUT2D eigenvalue weighted by atomic mass is 10.1. The Morgan fingerprint density at radius 3 is 2.63 bits per heavy atom. The van der Waals surface area contributed by atoms with Crippen LogP contribution in [0.3, 0.4) is 0 Å². The number of fused-ring (bicyclic) bond motifs is 1. The van der Waals surface area contributed by atoms with Gasteiger partial charge in [-0.25, -0.2) is 4.98 Å². The van der Waals surface area contributed by atoms with Gasteiger partial charge in [-0.05, 0) is 49.4 Å². The SMILES string of the molecule is CCN1CCN(c2ccc(CNC(=O)c3cc4cc(Cl)ccc4nc3C)cn2)CC1. The summed E-state index contributed by atoms with van der Waals surface area (Å²) in [6.07, 6.45) is 1.84. The highest BCUT2D eigenvalue weighted by Gasteiger charge is 2.17. The van der Waals surface area contributed by atoms with E-state index >= 15 is 0 Å². The summed E-state index contributed by atoms with van der Waals surface area (Å²) in [7, 11) is 0. The first kappa shape index (κ1) is 20.6. The van der Waals surface area contributed by atoms with Crippen LogP contribution < -0.4 is 10.2 Å². The van der Waals surface area contributed by atoms with Crippen LogP contribution in [-0.4, -0.2) is 53.5 Å². The van der Waals surface area contributed by atoms with Crippen LogP contribution in [0.5, 0.6) is 0 Å². The Kier molecular flexibility index (Phi) is 6.16. The number of pyridine rings is 2. The van der Waals surface area contributed by atoms with Gasteiger partial charge in [-0.3, -0.25) is 9.78 Å². The fourth-order valence-corrected chi connectivity index (χ4v) is 3.93. The molecule has 6 nitrogen and oxygen atoms in total. The van der Waals surface area contributed by atoms with E-state index < -0.39 is 0 Å². The molecular weight excluding hydrogens is 398 g/mol. The van der Waals surface area contributed by atoms with Gasteiger partial charge in [-0.1, -0.05) is 24.6 Å². The molecule has 0 saturated carbocycles. The summed E-state index contributed by atoms with van der Waals surface area (Å²) in [5, 5.41) is 4.46. The highest BCUT2D eigenvalue weighted by molar-refractivity contribution is 6.31. The quantitative estimate of drug-likeness (QED) is 0.678. The van der Waals surface area contributed by atoms with Crippen molar-refractivity contribution >= 4 is 34.2 Å². The van der Waals surface area contributed by atoms with Crippen molar-refractivity contribution in [1.82, 2.24) is 20.2 Å². The summed E-state index contributed by atoms with van der Waals surface area (Å²) in [5.74, 6) is 0.842. The van der Waals surface area contributed by atoms with Gasteiger partial charge in [-0.15, -0.1) is 0 Å². The Hall–Kier alpha value is -2.70. The van der Waals surface area contributed by atoms with Crippen molar-refractivity contribution in [2.24, 2.45) is 0 Å². The molecule has 1 aliphatic rings. The second-order valence-corrected chi connectivity index (χ2v) is 8.02. The molecule has 30 heavy (non-hydrogen) atoms. The number of aryl methyl sites for hydroxylation is 1. The zero-order valence-electron chi connectivity index (χ0n) is 17.4. The van der Waals surface area contributed by atoms with Crippen LogP contribution in [0.15, 0.2) is 42.6 Å². The van der Waals surface area contributed by atoms with E-state index in [9.17, 15) is 4.79 Å². The molecule has 1 N–H and O–H groups in total. The Balaban J connectivity index is 1.39. The predicted octanol–water partition coefficient (Wildman–Crippen LogP) is 3.66. The maximum absolute atomic E-state index is 12.7. The molecule has 3 heterocycles. The van der Waals surface area contributed by atoms with Gasteiger partial charge < -0.3 is 15.1 Å². The first-order chi connectivity index (χ1) is 14.5. The van der Waals surface area contributed by atoms with Crippen LogP contribution in [0.4, 0.5) is 5.82 Å². The molecule has 2 aromatic heterocycles. The lowest BCUT2D eigenvalue weighted by Crippen LogP contribution is -2.46. The molecular formula is C23H26ClN5O. The third-order valence-electron chi connectivity index (χ3n) is 5.62. The minimum atomic E-state index is -0.151. The Labute approximate surface area is 181 Å². The number of hydrogen-bond acceptors (Lipinski definition) is 5. The van der Waals surface area contributed by atoms with Gasteiger partial charge in [0.2, 0.25) is 0 Å². The predicted molar refractivity (Wildman–Crippen MR) is 121 cm³/mol. The average molecular weight is 424 g/mol. The summed E-state index contributed by atoms with van der Waals surface area (Å²) in [6, 6.07) is 11.4. The monoisotopic (exact) mass is 423 g/mol. The van der Waals surface area contributed by atoms with E-state index in [1.165, 1.54) is 0 Å². The molecule has 1 fully saturated rings. The molecule has 0 spiro atoms. The fourth-order valence-electron chi connectivity index (χ4n) is 3.75. The summed E-state index contributed by atoms with van der Waals surface area (Å²) in [6.45, 7) is 9.69. The zero-order valence-corrected chi connectivity index (χ0v) is 18.1.